The van der Waals surface area contributed by atoms with E-state index < -0.39 is 0 Å². The number of ether oxygens (including phenoxy) is 1. The molecule has 3 N–H and O–H groups in total. The van der Waals surface area contributed by atoms with Crippen LogP contribution in [0.1, 0.15) is 31.4 Å². The normalized spacial score (nSPS) is 12.3. The van der Waals surface area contributed by atoms with Gasteiger partial charge in [0.2, 0.25) is 5.91 Å². The van der Waals surface area contributed by atoms with E-state index in [4.69, 9.17) is 10.5 Å². The Bertz CT molecular complexity index is 613. The van der Waals surface area contributed by atoms with Crippen LogP contribution in [0.4, 0.5) is 0 Å². The first-order chi connectivity index (χ1) is 10.7. The van der Waals surface area contributed by atoms with Crippen molar-refractivity contribution in [2.24, 2.45) is 5.73 Å². The molecule has 4 heteroatoms. The van der Waals surface area contributed by atoms with Crippen LogP contribution in [0.3, 0.4) is 0 Å². The Balaban J connectivity index is 1.98. The first kappa shape index (κ1) is 16.5. The van der Waals surface area contributed by atoms with Gasteiger partial charge in [-0.2, -0.15) is 0 Å². The Morgan fingerprint density at radius 3 is 2.73 bits per heavy atom. The highest BCUT2D eigenvalue weighted by molar-refractivity contribution is 5.83. The van der Waals surface area contributed by atoms with Crippen LogP contribution in [-0.2, 0) is 9.53 Å². The third kappa shape index (κ3) is 4.55. The quantitative estimate of drug-likeness (QED) is 0.737. The molecule has 22 heavy (non-hydrogen) atoms. The van der Waals surface area contributed by atoms with E-state index in [9.17, 15) is 4.79 Å². The molecule has 0 saturated carbocycles. The number of carbonyl (C=O) groups excluding carboxylic acids is 1. The van der Waals surface area contributed by atoms with Gasteiger partial charge in [-0.05, 0) is 28.8 Å². The van der Waals surface area contributed by atoms with Gasteiger partial charge in [0.1, 0.15) is 6.61 Å². The van der Waals surface area contributed by atoms with Crippen molar-refractivity contribution in [3.63, 3.8) is 0 Å². The Morgan fingerprint density at radius 2 is 2.00 bits per heavy atom. The fourth-order valence-electron chi connectivity index (χ4n) is 2.35. The number of nitrogens with two attached hydrogens (primary N) is 1. The van der Waals surface area contributed by atoms with Crippen LogP contribution in [0.25, 0.3) is 10.8 Å². The van der Waals surface area contributed by atoms with Crippen LogP contribution in [0.2, 0.25) is 0 Å². The predicted molar refractivity (Wildman–Crippen MR) is 89.6 cm³/mol. The largest absolute Gasteiger partial charge is 0.372 e. The molecular formula is C18H24N2O2. The van der Waals surface area contributed by atoms with E-state index in [1.54, 1.807) is 0 Å². The molecule has 0 radical (unpaired) electrons. The number of carbonyl (C=O) groups is 1. The van der Waals surface area contributed by atoms with Gasteiger partial charge in [0.25, 0.3) is 0 Å². The maximum Gasteiger partial charge on any atom is 0.246 e. The highest BCUT2D eigenvalue weighted by Crippen LogP contribution is 2.20. The number of nitrogens with one attached hydrogen (secondary N) is 1. The summed E-state index contributed by atoms with van der Waals surface area (Å²) in [5, 5.41) is 5.26. The minimum atomic E-state index is -0.188. The third-order valence-electron chi connectivity index (χ3n) is 3.62. The summed E-state index contributed by atoms with van der Waals surface area (Å²) in [4.78, 5) is 11.9. The van der Waals surface area contributed by atoms with Gasteiger partial charge in [0, 0.05) is 13.2 Å². The number of unbranched alkanes of at least 4 members (excludes halogenated alkanes) is 1. The molecule has 2 aromatic rings. The molecule has 0 spiro atoms. The summed E-state index contributed by atoms with van der Waals surface area (Å²) in [5.74, 6) is -0.125. The Morgan fingerprint density at radius 1 is 1.23 bits per heavy atom. The molecule has 0 bridgehead atoms. The summed E-state index contributed by atoms with van der Waals surface area (Å²) in [6, 6.07) is 14.1. The summed E-state index contributed by atoms with van der Waals surface area (Å²) < 4.78 is 5.33. The zero-order valence-electron chi connectivity index (χ0n) is 13.0. The number of amides is 1. The summed E-state index contributed by atoms with van der Waals surface area (Å²) in [5.41, 5.74) is 6.83. The highest BCUT2D eigenvalue weighted by atomic mass is 16.5. The molecule has 1 atom stereocenters. The van der Waals surface area contributed by atoms with Crippen LogP contribution < -0.4 is 11.1 Å². The van der Waals surface area contributed by atoms with Gasteiger partial charge in [-0.3, -0.25) is 4.79 Å². The topological polar surface area (TPSA) is 64.3 Å². The first-order valence-corrected chi connectivity index (χ1v) is 7.80. The van der Waals surface area contributed by atoms with Crippen LogP contribution in [0.5, 0.6) is 0 Å². The number of rotatable bonds is 8. The van der Waals surface area contributed by atoms with Gasteiger partial charge < -0.3 is 15.8 Å². The molecule has 2 rings (SSSR count). The molecule has 0 aliphatic rings. The molecule has 0 aliphatic heterocycles. The molecule has 1 amide bonds. The lowest BCUT2D eigenvalue weighted by atomic mass is 10.0. The standard InChI is InChI=1S/C18H24N2O2/c1-2-3-10-22-13-18(21)20-17(12-19)16-9-8-14-6-4-5-7-15(14)11-16/h4-9,11,17H,2-3,10,12-13,19H2,1H3,(H,20,21). The van der Waals surface area contributed by atoms with Gasteiger partial charge in [0.05, 0.1) is 6.04 Å². The average molecular weight is 300 g/mol. The Hall–Kier alpha value is -1.91. The van der Waals surface area contributed by atoms with E-state index in [2.05, 4.69) is 36.5 Å². The van der Waals surface area contributed by atoms with Crippen LogP contribution in [0, 0.1) is 0 Å². The molecule has 0 aromatic heterocycles. The van der Waals surface area contributed by atoms with Crippen molar-refractivity contribution in [2.75, 3.05) is 19.8 Å². The zero-order chi connectivity index (χ0) is 15.8. The minimum Gasteiger partial charge on any atom is -0.372 e. The predicted octanol–water partition coefficient (Wildman–Crippen LogP) is 2.77. The molecule has 1 unspecified atom stereocenters. The molecule has 4 nitrogen and oxygen atoms in total. The maximum absolute atomic E-state index is 11.9. The van der Waals surface area contributed by atoms with Crippen LogP contribution in [-0.4, -0.2) is 25.7 Å². The van der Waals surface area contributed by atoms with E-state index in [1.807, 2.05) is 18.2 Å². The molecule has 118 valence electrons. The second-order valence-electron chi connectivity index (χ2n) is 5.37. The van der Waals surface area contributed by atoms with Crippen molar-refractivity contribution < 1.29 is 9.53 Å². The SMILES string of the molecule is CCCCOCC(=O)NC(CN)c1ccc2ccccc2c1. The summed E-state index contributed by atoms with van der Waals surface area (Å²) in [6.07, 6.45) is 2.03. The first-order valence-electron chi connectivity index (χ1n) is 7.80. The molecule has 0 heterocycles. The van der Waals surface area contributed by atoms with Gasteiger partial charge >= 0.3 is 0 Å². The number of hydrogen-bond acceptors (Lipinski definition) is 3. The van der Waals surface area contributed by atoms with Crippen LogP contribution >= 0.6 is 0 Å². The highest BCUT2D eigenvalue weighted by Gasteiger charge is 2.13. The fourth-order valence-corrected chi connectivity index (χ4v) is 2.35. The number of hydrogen-bond donors (Lipinski definition) is 2. The molecule has 0 aliphatic carbocycles. The monoisotopic (exact) mass is 300 g/mol. The summed E-state index contributed by atoms with van der Waals surface area (Å²) in [6.45, 7) is 3.16. The number of fused-ring (bicyclic) bond motifs is 1. The Labute approximate surface area is 131 Å². The lowest BCUT2D eigenvalue weighted by Gasteiger charge is -2.18. The van der Waals surface area contributed by atoms with Crippen molar-refractivity contribution in [1.29, 1.82) is 0 Å². The molecule has 2 aromatic carbocycles. The van der Waals surface area contributed by atoms with Gasteiger partial charge in [0.15, 0.2) is 0 Å². The second-order valence-corrected chi connectivity index (χ2v) is 5.37. The van der Waals surface area contributed by atoms with Crippen molar-refractivity contribution in [3.05, 3.63) is 48.0 Å². The lowest BCUT2D eigenvalue weighted by Crippen LogP contribution is -2.35. The third-order valence-corrected chi connectivity index (χ3v) is 3.62. The summed E-state index contributed by atoms with van der Waals surface area (Å²) >= 11 is 0. The van der Waals surface area contributed by atoms with E-state index in [0.717, 1.165) is 23.8 Å². The van der Waals surface area contributed by atoms with Crippen LogP contribution in [0.15, 0.2) is 42.5 Å². The fraction of sp³-hybridized carbons (Fsp3) is 0.389. The van der Waals surface area contributed by atoms with Gasteiger partial charge in [-0.15, -0.1) is 0 Å². The zero-order valence-corrected chi connectivity index (χ0v) is 13.0. The van der Waals surface area contributed by atoms with E-state index in [-0.39, 0.29) is 18.6 Å². The van der Waals surface area contributed by atoms with E-state index in [0.29, 0.717) is 13.2 Å². The van der Waals surface area contributed by atoms with Gasteiger partial charge in [-0.1, -0.05) is 49.7 Å². The lowest BCUT2D eigenvalue weighted by molar-refractivity contribution is -0.126. The smallest absolute Gasteiger partial charge is 0.246 e. The average Bonchev–Trinajstić information content (AvgIpc) is 2.56. The van der Waals surface area contributed by atoms with E-state index in [1.165, 1.54) is 5.39 Å². The second kappa shape index (κ2) is 8.51. The van der Waals surface area contributed by atoms with Crippen molar-refractivity contribution in [1.82, 2.24) is 5.32 Å². The number of benzene rings is 2. The van der Waals surface area contributed by atoms with Crippen molar-refractivity contribution in [3.8, 4) is 0 Å². The summed E-state index contributed by atoms with van der Waals surface area (Å²) in [7, 11) is 0. The van der Waals surface area contributed by atoms with Crippen molar-refractivity contribution >= 4 is 16.7 Å². The Kier molecular flexibility index (Phi) is 6.37. The molecular weight excluding hydrogens is 276 g/mol. The van der Waals surface area contributed by atoms with Gasteiger partial charge in [-0.25, -0.2) is 0 Å². The maximum atomic E-state index is 11.9. The van der Waals surface area contributed by atoms with E-state index >= 15 is 0 Å². The molecule has 0 saturated heterocycles. The minimum absolute atomic E-state index is 0.0874. The molecule has 0 fully saturated rings. The van der Waals surface area contributed by atoms with Crippen molar-refractivity contribution in [2.45, 2.75) is 25.8 Å².